The molecule has 1 aromatic rings. The van der Waals surface area contributed by atoms with Crippen molar-refractivity contribution < 1.29 is 9.90 Å². The maximum Gasteiger partial charge on any atom is 0.305 e. The van der Waals surface area contributed by atoms with Gasteiger partial charge in [0, 0.05) is 17.0 Å². The molecule has 0 amide bonds. The van der Waals surface area contributed by atoms with Crippen molar-refractivity contribution in [1.82, 2.24) is 9.88 Å². The quantitative estimate of drug-likeness (QED) is 0.876. The minimum atomic E-state index is -0.673. The van der Waals surface area contributed by atoms with E-state index < -0.39 is 5.97 Å². The summed E-state index contributed by atoms with van der Waals surface area (Å²) < 4.78 is 0. The van der Waals surface area contributed by atoms with Gasteiger partial charge in [0.1, 0.15) is 0 Å². The van der Waals surface area contributed by atoms with E-state index in [-0.39, 0.29) is 12.0 Å². The lowest BCUT2D eigenvalue weighted by Crippen LogP contribution is -2.50. The van der Waals surface area contributed by atoms with Crippen LogP contribution in [0.15, 0.2) is 5.51 Å². The van der Waals surface area contributed by atoms with Crippen LogP contribution in [0.3, 0.4) is 0 Å². The Kier molecular flexibility index (Phi) is 5.16. The number of aryl methyl sites for hydroxylation is 1. The van der Waals surface area contributed by atoms with Crippen LogP contribution in [0.25, 0.3) is 0 Å². The number of hydrogen-bond donors (Lipinski definition) is 1. The summed E-state index contributed by atoms with van der Waals surface area (Å²) in [4.78, 5) is 19.1. The molecule has 1 fully saturated rings. The molecular formula is C15H24N2O2S. The number of carboxylic acid groups (broad SMARTS) is 1. The van der Waals surface area contributed by atoms with E-state index in [0.29, 0.717) is 0 Å². The number of carboxylic acids is 1. The maximum absolute atomic E-state index is 11.2. The number of hydrogen-bond acceptors (Lipinski definition) is 4. The standard InChI is InChI=1S/C15H24N2O2S/c1-12-13(20-11-16-12)6-9-17(2)15(10-14(18)19)7-4-3-5-8-15/h11H,3-10H2,1-2H3,(H,18,19). The predicted octanol–water partition coefficient (Wildman–Crippen LogP) is 3.10. The summed E-state index contributed by atoms with van der Waals surface area (Å²) in [6, 6.07) is 0. The number of rotatable bonds is 6. The molecule has 0 radical (unpaired) electrons. The maximum atomic E-state index is 11.2. The summed E-state index contributed by atoms with van der Waals surface area (Å²) in [5, 5.41) is 9.24. The van der Waals surface area contributed by atoms with Gasteiger partial charge in [-0.2, -0.15) is 0 Å². The van der Waals surface area contributed by atoms with E-state index in [2.05, 4.69) is 16.9 Å². The van der Waals surface area contributed by atoms with Gasteiger partial charge in [-0.15, -0.1) is 11.3 Å². The van der Waals surface area contributed by atoms with Crippen molar-refractivity contribution in [1.29, 1.82) is 0 Å². The van der Waals surface area contributed by atoms with Crippen LogP contribution in [-0.4, -0.2) is 40.1 Å². The number of thiazole rings is 1. The van der Waals surface area contributed by atoms with Gasteiger partial charge >= 0.3 is 5.97 Å². The number of likely N-dealkylation sites (N-methyl/N-ethyl adjacent to an activating group) is 1. The van der Waals surface area contributed by atoms with E-state index in [9.17, 15) is 9.90 Å². The van der Waals surface area contributed by atoms with E-state index in [4.69, 9.17) is 0 Å². The average Bonchev–Trinajstić information content (AvgIpc) is 2.81. The van der Waals surface area contributed by atoms with Crippen molar-refractivity contribution >= 4 is 17.3 Å². The van der Waals surface area contributed by atoms with Crippen LogP contribution in [0.2, 0.25) is 0 Å². The Morgan fingerprint density at radius 1 is 1.45 bits per heavy atom. The molecule has 1 aliphatic rings. The lowest BCUT2D eigenvalue weighted by Gasteiger charge is -2.44. The first-order valence-corrected chi connectivity index (χ1v) is 8.23. The van der Waals surface area contributed by atoms with Gasteiger partial charge in [0.2, 0.25) is 0 Å². The van der Waals surface area contributed by atoms with Crippen LogP contribution in [0.1, 0.15) is 49.1 Å². The summed E-state index contributed by atoms with van der Waals surface area (Å²) in [7, 11) is 2.09. The molecule has 0 spiro atoms. The summed E-state index contributed by atoms with van der Waals surface area (Å²) in [6.07, 6.45) is 6.80. The van der Waals surface area contributed by atoms with Gasteiger partial charge in [-0.3, -0.25) is 9.69 Å². The monoisotopic (exact) mass is 296 g/mol. The highest BCUT2D eigenvalue weighted by Crippen LogP contribution is 2.36. The van der Waals surface area contributed by atoms with E-state index in [0.717, 1.165) is 44.3 Å². The highest BCUT2D eigenvalue weighted by Gasteiger charge is 2.37. The second kappa shape index (κ2) is 6.68. The Morgan fingerprint density at radius 2 is 2.15 bits per heavy atom. The summed E-state index contributed by atoms with van der Waals surface area (Å²) in [5.41, 5.74) is 2.86. The molecule has 5 heteroatoms. The van der Waals surface area contributed by atoms with Gasteiger partial charge in [0.05, 0.1) is 17.6 Å². The third-order valence-corrected chi connectivity index (χ3v) is 5.59. The van der Waals surface area contributed by atoms with Crippen molar-refractivity contribution in [2.75, 3.05) is 13.6 Å². The van der Waals surface area contributed by atoms with E-state index in [1.807, 2.05) is 12.4 Å². The molecule has 1 aliphatic carbocycles. The van der Waals surface area contributed by atoms with Crippen molar-refractivity contribution in [3.8, 4) is 0 Å². The second-order valence-corrected chi connectivity index (χ2v) is 6.83. The topological polar surface area (TPSA) is 53.4 Å². The minimum Gasteiger partial charge on any atom is -0.481 e. The normalized spacial score (nSPS) is 18.4. The smallest absolute Gasteiger partial charge is 0.305 e. The van der Waals surface area contributed by atoms with Crippen LogP contribution in [0.5, 0.6) is 0 Å². The molecule has 20 heavy (non-hydrogen) atoms. The molecule has 1 N–H and O–H groups in total. The highest BCUT2D eigenvalue weighted by molar-refractivity contribution is 7.09. The van der Waals surface area contributed by atoms with Crippen LogP contribution in [-0.2, 0) is 11.2 Å². The van der Waals surface area contributed by atoms with Gasteiger partial charge < -0.3 is 5.11 Å². The molecule has 0 aromatic carbocycles. The van der Waals surface area contributed by atoms with Gasteiger partial charge in [0.15, 0.2) is 0 Å². The summed E-state index contributed by atoms with van der Waals surface area (Å²) >= 11 is 1.70. The molecule has 0 atom stereocenters. The van der Waals surface area contributed by atoms with Gasteiger partial charge in [-0.1, -0.05) is 19.3 Å². The number of aliphatic carboxylic acids is 1. The second-order valence-electron chi connectivity index (χ2n) is 5.89. The number of carbonyl (C=O) groups is 1. The SMILES string of the molecule is Cc1ncsc1CCN(C)C1(CC(=O)O)CCCCC1. The molecule has 1 saturated carbocycles. The zero-order valence-electron chi connectivity index (χ0n) is 12.4. The van der Waals surface area contributed by atoms with E-state index in [1.165, 1.54) is 11.3 Å². The van der Waals surface area contributed by atoms with Crippen LogP contribution in [0, 0.1) is 6.92 Å². The largest absolute Gasteiger partial charge is 0.481 e. The third kappa shape index (κ3) is 3.58. The Balaban J connectivity index is 2.00. The Labute approximate surface area is 124 Å². The molecular weight excluding hydrogens is 272 g/mol. The van der Waals surface area contributed by atoms with Gasteiger partial charge in [0.25, 0.3) is 0 Å². The molecule has 1 heterocycles. The minimum absolute atomic E-state index is 0.136. The summed E-state index contributed by atoms with van der Waals surface area (Å²) in [5.74, 6) is -0.673. The first kappa shape index (κ1) is 15.4. The van der Waals surface area contributed by atoms with Crippen molar-refractivity contribution in [2.24, 2.45) is 0 Å². The third-order valence-electron chi connectivity index (χ3n) is 4.59. The fraction of sp³-hybridized carbons (Fsp3) is 0.733. The van der Waals surface area contributed by atoms with Crippen molar-refractivity contribution in [3.05, 3.63) is 16.1 Å². The lowest BCUT2D eigenvalue weighted by atomic mass is 9.78. The molecule has 0 aliphatic heterocycles. The Morgan fingerprint density at radius 3 is 2.70 bits per heavy atom. The molecule has 0 bridgehead atoms. The van der Waals surface area contributed by atoms with Crippen molar-refractivity contribution in [3.63, 3.8) is 0 Å². The first-order chi connectivity index (χ1) is 9.53. The van der Waals surface area contributed by atoms with E-state index >= 15 is 0 Å². The predicted molar refractivity (Wildman–Crippen MR) is 81.3 cm³/mol. The fourth-order valence-corrected chi connectivity index (χ4v) is 4.03. The zero-order valence-corrected chi connectivity index (χ0v) is 13.2. The lowest BCUT2D eigenvalue weighted by molar-refractivity contribution is -0.141. The number of nitrogens with zero attached hydrogens (tertiary/aromatic N) is 2. The van der Waals surface area contributed by atoms with E-state index in [1.54, 1.807) is 11.3 Å². The molecule has 1 aromatic heterocycles. The van der Waals surface area contributed by atoms with Crippen molar-refractivity contribution in [2.45, 2.75) is 57.4 Å². The molecule has 0 saturated heterocycles. The molecule has 112 valence electrons. The summed E-state index contributed by atoms with van der Waals surface area (Å²) in [6.45, 7) is 2.95. The Hall–Kier alpha value is -0.940. The zero-order chi connectivity index (χ0) is 14.6. The van der Waals surface area contributed by atoms with Gasteiger partial charge in [-0.05, 0) is 33.2 Å². The number of aromatic nitrogens is 1. The van der Waals surface area contributed by atoms with Gasteiger partial charge in [-0.25, -0.2) is 4.98 Å². The van der Waals surface area contributed by atoms with Crippen LogP contribution >= 0.6 is 11.3 Å². The first-order valence-electron chi connectivity index (χ1n) is 7.35. The Bertz CT molecular complexity index is 452. The molecule has 0 unspecified atom stereocenters. The molecule has 2 rings (SSSR count). The average molecular weight is 296 g/mol. The van der Waals surface area contributed by atoms with Crippen LogP contribution in [0.4, 0.5) is 0 Å². The highest BCUT2D eigenvalue weighted by atomic mass is 32.1. The fourth-order valence-electron chi connectivity index (χ4n) is 3.26. The molecule has 4 nitrogen and oxygen atoms in total. The van der Waals surface area contributed by atoms with Crippen LogP contribution < -0.4 is 0 Å².